The molecule has 1 atom stereocenters. The van der Waals surface area contributed by atoms with Crippen LogP contribution in [0.3, 0.4) is 0 Å². The van der Waals surface area contributed by atoms with Crippen LogP contribution in [0.25, 0.3) is 0 Å². The van der Waals surface area contributed by atoms with Crippen molar-refractivity contribution < 1.29 is 3.84 Å². The van der Waals surface area contributed by atoms with Gasteiger partial charge in [0.15, 0.2) is 0 Å². The second-order valence-electron chi connectivity index (χ2n) is 0.0583. The molecule has 0 aliphatic carbocycles. The van der Waals surface area contributed by atoms with Gasteiger partial charge in [-0.05, 0) is 0 Å². The Morgan fingerprint density at radius 2 is 1.25 bits per heavy atom. The average molecular weight is 121 g/mol. The summed E-state index contributed by atoms with van der Waals surface area (Å²) < 4.78 is 3.19. The van der Waals surface area contributed by atoms with Crippen molar-refractivity contribution in [2.45, 2.75) is 0 Å². The third-order valence-corrected chi connectivity index (χ3v) is 0. The van der Waals surface area contributed by atoms with Gasteiger partial charge < -0.3 is 0 Å². The van der Waals surface area contributed by atoms with Gasteiger partial charge in [-0.2, -0.15) is 13.7 Å². The molecule has 0 aromatic carbocycles. The Hall–Kier alpha value is 0.970. The van der Waals surface area contributed by atoms with Crippen LogP contribution >= 0.6 is 33.6 Å². The smallest absolute Gasteiger partial charge is 0.0832 e. The topological polar surface area (TPSA) is 9.23 Å². The lowest BCUT2D eigenvalue weighted by atomic mass is 15.9. The van der Waals surface area contributed by atoms with E-state index in [-0.39, 0.29) is 9.90 Å². The van der Waals surface area contributed by atoms with Gasteiger partial charge in [0.25, 0.3) is 0 Å². The molecule has 0 fully saturated rings. The molecule has 0 radical (unpaired) electrons. The minimum atomic E-state index is 0. The van der Waals surface area contributed by atoms with Crippen molar-refractivity contribution in [3.05, 3.63) is 0 Å². The molecule has 0 amide bonds. The largest absolute Gasteiger partial charge is 0.166 e. The lowest BCUT2D eigenvalue weighted by Gasteiger charge is -1.46. The van der Waals surface area contributed by atoms with Crippen LogP contribution in [-0.4, -0.2) is 0 Å². The van der Waals surface area contributed by atoms with Crippen molar-refractivity contribution in [1.29, 1.82) is 0 Å². The van der Waals surface area contributed by atoms with Crippen LogP contribution in [0.4, 0.5) is 0 Å². The fraction of sp³-hybridized carbons (Fsp3) is 0. The normalized spacial score (nSPS) is 4.50. The summed E-state index contributed by atoms with van der Waals surface area (Å²) in [6, 6.07) is 0. The molecule has 0 rings (SSSR count). The maximum Gasteiger partial charge on any atom is 0.0832 e. The first-order chi connectivity index (χ1) is 1.41. The predicted molar refractivity (Wildman–Crippen MR) is 23.9 cm³/mol. The summed E-state index contributed by atoms with van der Waals surface area (Å²) >= 11 is 8.53. The summed E-state index contributed by atoms with van der Waals surface area (Å²) in [6.07, 6.45) is 0. The zero-order valence-electron chi connectivity index (χ0n) is 1.87. The maximum absolute atomic E-state index is 4.26. The van der Waals surface area contributed by atoms with Crippen LogP contribution in [0.5, 0.6) is 0 Å². The zero-order chi connectivity index (χ0) is 2.71. The van der Waals surface area contributed by atoms with E-state index < -0.39 is 0 Å². The molecule has 0 saturated carbocycles. The first-order valence-electron chi connectivity index (χ1n) is 0.309. The molecule has 0 aliphatic rings. The molecule has 1 unspecified atom stereocenters. The number of hydrogen-bond donors (Lipinski definition) is 0. The lowest BCUT2D eigenvalue weighted by molar-refractivity contribution is 0.697. The number of rotatable bonds is 0. The third kappa shape index (κ3) is 12.3. The Bertz CT molecular complexity index is 6.00. The van der Waals surface area contributed by atoms with Gasteiger partial charge in [0.05, 0.1) is 23.7 Å². The van der Waals surface area contributed by atoms with Gasteiger partial charge >= 0.3 is 0 Å². The molecule has 0 aromatic rings. The first-order valence-corrected chi connectivity index (χ1v) is 0.926. The minimum absolute atomic E-state index is 0. The van der Waals surface area contributed by atoms with E-state index in [2.05, 4.69) is 27.6 Å². The predicted octanol–water partition coefficient (Wildman–Crippen LogP) is 1.37. The van der Waals surface area contributed by atoms with Crippen molar-refractivity contribution >= 4 is 33.6 Å². The van der Waals surface area contributed by atoms with E-state index in [0.29, 0.717) is 0 Å². The van der Waals surface area contributed by atoms with Gasteiger partial charge in [-0.3, -0.25) is 0 Å². The van der Waals surface area contributed by atoms with Gasteiger partial charge in [-0.15, -0.1) is 0 Å². The summed E-state index contributed by atoms with van der Waals surface area (Å²) in [5.74, 6) is 0. The first kappa shape index (κ1) is 8.88. The van der Waals surface area contributed by atoms with Gasteiger partial charge in [-0.1, -0.05) is 0 Å². The highest BCUT2D eigenvalue weighted by Gasteiger charge is 1.38. The van der Waals surface area contributed by atoms with Crippen LogP contribution in [0.2, 0.25) is 0 Å². The molecule has 4 heavy (non-hydrogen) atoms. The average Bonchev–Trinajstić information content (AvgIpc) is 0.918. The molecular weight excluding hydrogens is 118 g/mol. The molecule has 0 aromatic heterocycles. The summed E-state index contributed by atoms with van der Waals surface area (Å²) in [4.78, 5) is 0. The number of hydrogen-bond acceptors (Lipinski definition) is 1. The molecule has 0 spiro atoms. The van der Waals surface area contributed by atoms with E-state index >= 15 is 0 Å². The lowest BCUT2D eigenvalue weighted by Crippen LogP contribution is -1.15. The van der Waals surface area contributed by atoms with Crippen LogP contribution in [0.1, 0.15) is 0 Å². The number of halogens is 2. The Morgan fingerprint density at radius 1 is 1.25 bits per heavy atom. The standard InChI is InChI=1S/Cl2O.H3P/c1-3-2;/h;1H3. The van der Waals surface area contributed by atoms with Gasteiger partial charge in [0.2, 0.25) is 0 Å². The molecule has 0 bridgehead atoms. The molecule has 0 N–H and O–H groups in total. The van der Waals surface area contributed by atoms with E-state index in [9.17, 15) is 0 Å². The van der Waals surface area contributed by atoms with Crippen molar-refractivity contribution in [3.8, 4) is 0 Å². The van der Waals surface area contributed by atoms with Crippen molar-refractivity contribution in [3.63, 3.8) is 0 Å². The monoisotopic (exact) mass is 120 g/mol. The van der Waals surface area contributed by atoms with Crippen LogP contribution in [0.15, 0.2) is 0 Å². The second kappa shape index (κ2) is 9.02. The maximum atomic E-state index is 4.26. The highest BCUT2D eigenvalue weighted by atomic mass is 35.6. The highest BCUT2D eigenvalue weighted by Crippen LogP contribution is 1.78. The third-order valence-electron chi connectivity index (χ3n) is 0. The quantitative estimate of drug-likeness (QED) is 0.439. The Balaban J connectivity index is 0. The second-order valence-corrected chi connectivity index (χ2v) is 0.525. The van der Waals surface area contributed by atoms with Crippen LogP contribution < -0.4 is 0 Å². The van der Waals surface area contributed by atoms with E-state index in [1.165, 1.54) is 0 Å². The molecular formula is H3Cl2OP. The van der Waals surface area contributed by atoms with Crippen molar-refractivity contribution in [1.82, 2.24) is 0 Å². The molecule has 28 valence electrons. The van der Waals surface area contributed by atoms with Crippen molar-refractivity contribution in [2.75, 3.05) is 0 Å². The van der Waals surface area contributed by atoms with E-state index in [0.717, 1.165) is 0 Å². The van der Waals surface area contributed by atoms with Gasteiger partial charge in [0.1, 0.15) is 0 Å². The summed E-state index contributed by atoms with van der Waals surface area (Å²) in [6.45, 7) is 0. The van der Waals surface area contributed by atoms with E-state index in [1.807, 2.05) is 0 Å². The minimum Gasteiger partial charge on any atom is -0.166 e. The highest BCUT2D eigenvalue weighted by molar-refractivity contribution is 6.92. The van der Waals surface area contributed by atoms with E-state index in [4.69, 9.17) is 0 Å². The van der Waals surface area contributed by atoms with Gasteiger partial charge in [-0.25, -0.2) is 0 Å². The zero-order valence-corrected chi connectivity index (χ0v) is 4.80. The summed E-state index contributed by atoms with van der Waals surface area (Å²) in [5, 5.41) is 0. The van der Waals surface area contributed by atoms with Crippen LogP contribution in [0, 0.1) is 0 Å². The Kier molecular flexibility index (Phi) is 20.0. The SMILES string of the molecule is ClOCl.P. The Morgan fingerprint density at radius 3 is 1.25 bits per heavy atom. The van der Waals surface area contributed by atoms with E-state index in [1.54, 1.807) is 0 Å². The van der Waals surface area contributed by atoms with Crippen LogP contribution in [-0.2, 0) is 3.84 Å². The molecule has 0 saturated heterocycles. The fourth-order valence-corrected chi connectivity index (χ4v) is 0. The summed E-state index contributed by atoms with van der Waals surface area (Å²) in [5.41, 5.74) is 0. The molecule has 1 nitrogen and oxygen atoms in total. The molecule has 4 heteroatoms. The summed E-state index contributed by atoms with van der Waals surface area (Å²) in [7, 11) is 0. The fourth-order valence-electron chi connectivity index (χ4n) is 0. The molecule has 0 heterocycles. The molecule has 0 aliphatic heterocycles. The van der Waals surface area contributed by atoms with Gasteiger partial charge in [0, 0.05) is 0 Å². The Labute approximate surface area is 38.2 Å². The van der Waals surface area contributed by atoms with Crippen molar-refractivity contribution in [2.24, 2.45) is 0 Å².